The molecule has 0 amide bonds. The summed E-state index contributed by atoms with van der Waals surface area (Å²) in [6.45, 7) is 2.84. The van der Waals surface area contributed by atoms with Gasteiger partial charge in [0.25, 0.3) is 0 Å². The summed E-state index contributed by atoms with van der Waals surface area (Å²) in [7, 11) is 0. The Morgan fingerprint density at radius 2 is 1.76 bits per heavy atom. The fourth-order valence-corrected chi connectivity index (χ4v) is 2.83. The minimum Gasteiger partial charge on any atom is -0.306 e. The Kier molecular flexibility index (Phi) is 5.88. The van der Waals surface area contributed by atoms with Crippen molar-refractivity contribution < 1.29 is 4.39 Å². The Hall–Kier alpha value is -0.800. The number of hydrogen-bond acceptors (Lipinski definition) is 1. The number of halogens is 4. The molecule has 0 saturated heterocycles. The van der Waals surface area contributed by atoms with Crippen molar-refractivity contribution in [3.05, 3.63) is 68.4 Å². The van der Waals surface area contributed by atoms with Crippen LogP contribution in [-0.4, -0.2) is 6.54 Å². The minimum absolute atomic E-state index is 0.232. The van der Waals surface area contributed by atoms with Gasteiger partial charge in [0.05, 0.1) is 6.04 Å². The molecule has 0 aliphatic heterocycles. The zero-order valence-corrected chi connectivity index (χ0v) is 13.7. The Morgan fingerprint density at radius 3 is 2.43 bits per heavy atom. The van der Waals surface area contributed by atoms with Crippen molar-refractivity contribution in [1.82, 2.24) is 5.32 Å². The highest BCUT2D eigenvalue weighted by molar-refractivity contribution is 6.34. The van der Waals surface area contributed by atoms with Crippen LogP contribution in [0.1, 0.15) is 30.5 Å². The first-order valence-corrected chi connectivity index (χ1v) is 7.79. The molecule has 0 aliphatic rings. The van der Waals surface area contributed by atoms with Crippen molar-refractivity contribution in [2.45, 2.75) is 19.4 Å². The van der Waals surface area contributed by atoms with Gasteiger partial charge in [0.2, 0.25) is 0 Å². The molecular formula is C16H15Cl3FN. The second-order valence-electron chi connectivity index (χ2n) is 4.72. The van der Waals surface area contributed by atoms with E-state index in [0.29, 0.717) is 15.1 Å². The predicted octanol–water partition coefficient (Wildman–Crippen LogP) is 5.87. The fraction of sp³-hybridized carbons (Fsp3) is 0.250. The van der Waals surface area contributed by atoms with E-state index in [0.717, 1.165) is 24.1 Å². The van der Waals surface area contributed by atoms with Crippen molar-refractivity contribution in [2.24, 2.45) is 0 Å². The van der Waals surface area contributed by atoms with Gasteiger partial charge in [-0.1, -0.05) is 47.8 Å². The molecule has 5 heteroatoms. The molecule has 0 heterocycles. The number of rotatable bonds is 5. The second-order valence-corrected chi connectivity index (χ2v) is 5.97. The molecule has 0 aliphatic carbocycles. The molecule has 0 fully saturated rings. The van der Waals surface area contributed by atoms with Crippen molar-refractivity contribution >= 4 is 34.8 Å². The van der Waals surface area contributed by atoms with Crippen molar-refractivity contribution in [2.75, 3.05) is 6.54 Å². The van der Waals surface area contributed by atoms with Crippen molar-refractivity contribution in [3.8, 4) is 0 Å². The summed E-state index contributed by atoms with van der Waals surface area (Å²) < 4.78 is 13.3. The van der Waals surface area contributed by atoms with Gasteiger partial charge in [-0.05, 0) is 54.4 Å². The van der Waals surface area contributed by atoms with Gasteiger partial charge in [-0.3, -0.25) is 0 Å². The molecule has 0 aromatic heterocycles. The summed E-state index contributed by atoms with van der Waals surface area (Å²) in [6.07, 6.45) is 0.952. The van der Waals surface area contributed by atoms with Gasteiger partial charge in [0.15, 0.2) is 0 Å². The molecule has 1 atom stereocenters. The van der Waals surface area contributed by atoms with Crippen LogP contribution in [0.4, 0.5) is 4.39 Å². The normalized spacial score (nSPS) is 12.4. The Bertz CT molecular complexity index is 631. The van der Waals surface area contributed by atoms with E-state index in [1.165, 1.54) is 12.1 Å². The van der Waals surface area contributed by atoms with E-state index >= 15 is 0 Å². The van der Waals surface area contributed by atoms with Crippen LogP contribution in [0.15, 0.2) is 36.4 Å². The van der Waals surface area contributed by atoms with Crippen LogP contribution in [0.5, 0.6) is 0 Å². The molecule has 112 valence electrons. The van der Waals surface area contributed by atoms with E-state index in [-0.39, 0.29) is 11.9 Å². The average Bonchev–Trinajstić information content (AvgIpc) is 2.44. The summed E-state index contributed by atoms with van der Waals surface area (Å²) in [5, 5.41) is 4.93. The third kappa shape index (κ3) is 4.10. The quantitative estimate of drug-likeness (QED) is 0.713. The maximum atomic E-state index is 13.3. The van der Waals surface area contributed by atoms with Crippen molar-refractivity contribution in [3.63, 3.8) is 0 Å². The zero-order valence-electron chi connectivity index (χ0n) is 11.5. The molecule has 1 nitrogen and oxygen atoms in total. The Balaban J connectivity index is 2.49. The summed E-state index contributed by atoms with van der Waals surface area (Å²) in [4.78, 5) is 0. The molecule has 1 unspecified atom stereocenters. The zero-order chi connectivity index (χ0) is 15.4. The summed E-state index contributed by atoms with van der Waals surface area (Å²) in [6, 6.07) is 9.41. The van der Waals surface area contributed by atoms with E-state index in [4.69, 9.17) is 34.8 Å². The third-order valence-corrected chi connectivity index (χ3v) is 4.05. The molecule has 2 aromatic rings. The van der Waals surface area contributed by atoms with Crippen LogP contribution in [0, 0.1) is 5.82 Å². The molecule has 2 aromatic carbocycles. The molecule has 0 saturated carbocycles. The van der Waals surface area contributed by atoms with Crippen molar-refractivity contribution in [1.29, 1.82) is 0 Å². The standard InChI is InChI=1S/C16H15Cl3FN/c1-2-7-21-16(12-5-4-11(20)9-15(12)19)13-8-10(17)3-6-14(13)18/h3-6,8-9,16,21H,2,7H2,1H3. The molecule has 0 radical (unpaired) electrons. The summed E-state index contributed by atoms with van der Waals surface area (Å²) in [5.41, 5.74) is 1.60. The largest absolute Gasteiger partial charge is 0.306 e. The van der Waals surface area contributed by atoms with E-state index < -0.39 is 0 Å². The first-order chi connectivity index (χ1) is 10.0. The molecule has 2 rings (SSSR count). The van der Waals surface area contributed by atoms with Crippen LogP contribution >= 0.6 is 34.8 Å². The van der Waals surface area contributed by atoms with E-state index in [9.17, 15) is 4.39 Å². The van der Waals surface area contributed by atoms with Crippen LogP contribution in [0.3, 0.4) is 0 Å². The van der Waals surface area contributed by atoms with Crippen LogP contribution < -0.4 is 5.32 Å². The van der Waals surface area contributed by atoms with Gasteiger partial charge in [0.1, 0.15) is 5.82 Å². The lowest BCUT2D eigenvalue weighted by atomic mass is 9.98. The Morgan fingerprint density at radius 1 is 1.00 bits per heavy atom. The fourth-order valence-electron chi connectivity index (χ4n) is 2.15. The SMILES string of the molecule is CCCNC(c1ccc(F)cc1Cl)c1cc(Cl)ccc1Cl. The molecule has 21 heavy (non-hydrogen) atoms. The first kappa shape index (κ1) is 16.6. The van der Waals surface area contributed by atoms with Crippen LogP contribution in [0.2, 0.25) is 15.1 Å². The monoisotopic (exact) mass is 345 g/mol. The van der Waals surface area contributed by atoms with Gasteiger partial charge in [-0.2, -0.15) is 0 Å². The van der Waals surface area contributed by atoms with Gasteiger partial charge in [-0.15, -0.1) is 0 Å². The van der Waals surface area contributed by atoms with E-state index in [2.05, 4.69) is 12.2 Å². The predicted molar refractivity (Wildman–Crippen MR) is 88.0 cm³/mol. The van der Waals surface area contributed by atoms with E-state index in [1.54, 1.807) is 24.3 Å². The molecular weight excluding hydrogens is 332 g/mol. The topological polar surface area (TPSA) is 12.0 Å². The maximum Gasteiger partial charge on any atom is 0.124 e. The smallest absolute Gasteiger partial charge is 0.124 e. The number of nitrogens with one attached hydrogen (secondary N) is 1. The second kappa shape index (κ2) is 7.46. The number of benzene rings is 2. The highest BCUT2D eigenvalue weighted by Crippen LogP contribution is 2.34. The lowest BCUT2D eigenvalue weighted by Crippen LogP contribution is -2.24. The summed E-state index contributed by atoms with van der Waals surface area (Å²) in [5.74, 6) is -0.366. The van der Waals surface area contributed by atoms with Gasteiger partial charge >= 0.3 is 0 Å². The van der Waals surface area contributed by atoms with Gasteiger partial charge in [-0.25, -0.2) is 4.39 Å². The lowest BCUT2D eigenvalue weighted by Gasteiger charge is -2.22. The summed E-state index contributed by atoms with van der Waals surface area (Å²) >= 11 is 18.5. The van der Waals surface area contributed by atoms with Crippen LogP contribution in [0.25, 0.3) is 0 Å². The lowest BCUT2D eigenvalue weighted by molar-refractivity contribution is 0.593. The Labute approximate surface area is 139 Å². The third-order valence-electron chi connectivity index (χ3n) is 3.14. The first-order valence-electron chi connectivity index (χ1n) is 6.66. The number of hydrogen-bond donors (Lipinski definition) is 1. The highest BCUT2D eigenvalue weighted by Gasteiger charge is 2.19. The molecule has 0 bridgehead atoms. The maximum absolute atomic E-state index is 13.3. The average molecular weight is 347 g/mol. The molecule has 1 N–H and O–H groups in total. The minimum atomic E-state index is -0.366. The van der Waals surface area contributed by atoms with Gasteiger partial charge in [0, 0.05) is 15.1 Å². The highest BCUT2D eigenvalue weighted by atomic mass is 35.5. The van der Waals surface area contributed by atoms with Gasteiger partial charge < -0.3 is 5.32 Å². The van der Waals surface area contributed by atoms with E-state index in [1.807, 2.05) is 0 Å². The molecule has 0 spiro atoms. The van der Waals surface area contributed by atoms with Crippen LogP contribution in [-0.2, 0) is 0 Å².